The number of hydrogen-bond acceptors (Lipinski definition) is 3. The highest BCUT2D eigenvalue weighted by Crippen LogP contribution is 2.38. The standard InChI is InChI=1S/C20H20BrN3O/c1-25-19-8-6-14(21)11-17(19)20-15(4-2-3-9-22)16-10-13(12-23)5-7-18(16)24-20/h5-8,10-11,24H,2-4,9,22H2,1H3. The van der Waals surface area contributed by atoms with Crippen LogP contribution in [-0.2, 0) is 6.42 Å². The van der Waals surface area contributed by atoms with Crippen molar-refractivity contribution in [1.29, 1.82) is 5.26 Å². The fourth-order valence-corrected chi connectivity index (χ4v) is 3.49. The minimum absolute atomic E-state index is 0.666. The van der Waals surface area contributed by atoms with E-state index in [2.05, 4.69) is 33.0 Å². The van der Waals surface area contributed by atoms with Gasteiger partial charge in [0.25, 0.3) is 0 Å². The molecular formula is C20H20BrN3O. The van der Waals surface area contributed by atoms with Gasteiger partial charge in [0.2, 0.25) is 0 Å². The highest BCUT2D eigenvalue weighted by Gasteiger charge is 2.17. The third kappa shape index (κ3) is 3.55. The number of methoxy groups -OCH3 is 1. The molecule has 25 heavy (non-hydrogen) atoms. The van der Waals surface area contributed by atoms with Crippen LogP contribution in [0.1, 0.15) is 24.0 Å². The number of nitrogens with zero attached hydrogens (tertiary/aromatic N) is 1. The van der Waals surface area contributed by atoms with Gasteiger partial charge in [-0.1, -0.05) is 15.9 Å². The number of hydrogen-bond donors (Lipinski definition) is 2. The Morgan fingerprint density at radius 3 is 2.76 bits per heavy atom. The summed E-state index contributed by atoms with van der Waals surface area (Å²) in [6.45, 7) is 0.682. The lowest BCUT2D eigenvalue weighted by Crippen LogP contribution is -1.99. The number of benzene rings is 2. The average Bonchev–Trinajstić information content (AvgIpc) is 2.99. The Labute approximate surface area is 155 Å². The molecule has 0 saturated heterocycles. The van der Waals surface area contributed by atoms with Gasteiger partial charge in [-0.15, -0.1) is 0 Å². The number of nitrogens with one attached hydrogen (secondary N) is 1. The zero-order valence-corrected chi connectivity index (χ0v) is 15.7. The van der Waals surface area contributed by atoms with E-state index >= 15 is 0 Å². The number of fused-ring (bicyclic) bond motifs is 1. The maximum Gasteiger partial charge on any atom is 0.128 e. The summed E-state index contributed by atoms with van der Waals surface area (Å²) in [6.07, 6.45) is 2.88. The Morgan fingerprint density at radius 2 is 2.04 bits per heavy atom. The second-order valence-corrected chi connectivity index (χ2v) is 6.86. The van der Waals surface area contributed by atoms with Crippen LogP contribution in [0.3, 0.4) is 0 Å². The maximum absolute atomic E-state index is 9.24. The molecule has 128 valence electrons. The van der Waals surface area contributed by atoms with Crippen LogP contribution < -0.4 is 10.5 Å². The van der Waals surface area contributed by atoms with Gasteiger partial charge in [-0.2, -0.15) is 5.26 Å². The molecule has 4 nitrogen and oxygen atoms in total. The molecule has 0 unspecified atom stereocenters. The number of nitrogens with two attached hydrogens (primary N) is 1. The number of aromatic amines is 1. The van der Waals surface area contributed by atoms with Crippen molar-refractivity contribution in [2.45, 2.75) is 19.3 Å². The molecule has 0 saturated carbocycles. The average molecular weight is 398 g/mol. The zero-order chi connectivity index (χ0) is 17.8. The lowest BCUT2D eigenvalue weighted by Gasteiger charge is -2.10. The fourth-order valence-electron chi connectivity index (χ4n) is 3.13. The van der Waals surface area contributed by atoms with Crippen LogP contribution in [0.2, 0.25) is 0 Å². The Hall–Kier alpha value is -2.29. The van der Waals surface area contributed by atoms with E-state index in [4.69, 9.17) is 10.5 Å². The van der Waals surface area contributed by atoms with E-state index in [1.807, 2.05) is 30.3 Å². The smallest absolute Gasteiger partial charge is 0.128 e. The molecular weight excluding hydrogens is 378 g/mol. The van der Waals surface area contributed by atoms with Gasteiger partial charge in [0, 0.05) is 20.9 Å². The summed E-state index contributed by atoms with van der Waals surface area (Å²) in [4.78, 5) is 3.52. The van der Waals surface area contributed by atoms with Crippen molar-refractivity contribution < 1.29 is 4.74 Å². The molecule has 0 bridgehead atoms. The Bertz CT molecular complexity index is 940. The first-order valence-electron chi connectivity index (χ1n) is 8.26. The minimum atomic E-state index is 0.666. The van der Waals surface area contributed by atoms with Gasteiger partial charge in [-0.3, -0.25) is 0 Å². The number of aromatic nitrogens is 1. The molecule has 0 spiro atoms. The molecule has 1 aromatic heterocycles. The number of nitriles is 1. The van der Waals surface area contributed by atoms with Crippen LogP contribution in [-0.4, -0.2) is 18.6 Å². The van der Waals surface area contributed by atoms with Crippen molar-refractivity contribution in [3.05, 3.63) is 52.0 Å². The van der Waals surface area contributed by atoms with Gasteiger partial charge in [0.1, 0.15) is 5.75 Å². The molecule has 0 atom stereocenters. The highest BCUT2D eigenvalue weighted by atomic mass is 79.9. The van der Waals surface area contributed by atoms with Gasteiger partial charge in [-0.25, -0.2) is 0 Å². The van der Waals surface area contributed by atoms with E-state index in [-0.39, 0.29) is 0 Å². The third-order valence-corrected chi connectivity index (χ3v) is 4.84. The van der Waals surface area contributed by atoms with Crippen molar-refractivity contribution in [2.75, 3.05) is 13.7 Å². The van der Waals surface area contributed by atoms with Crippen LogP contribution >= 0.6 is 15.9 Å². The predicted octanol–water partition coefficient (Wildman–Crippen LogP) is 4.76. The van der Waals surface area contributed by atoms with E-state index < -0.39 is 0 Å². The van der Waals surface area contributed by atoms with E-state index in [1.54, 1.807) is 7.11 Å². The number of halogens is 1. The van der Waals surface area contributed by atoms with Gasteiger partial charge >= 0.3 is 0 Å². The number of rotatable bonds is 6. The number of unbranched alkanes of at least 4 members (excludes halogenated alkanes) is 1. The maximum atomic E-state index is 9.24. The lowest BCUT2D eigenvalue weighted by atomic mass is 9.99. The first-order chi connectivity index (χ1) is 12.2. The SMILES string of the molecule is COc1ccc(Br)cc1-c1[nH]c2ccc(C#N)cc2c1CCCCN. The van der Waals surface area contributed by atoms with Gasteiger partial charge in [0.05, 0.1) is 24.4 Å². The van der Waals surface area contributed by atoms with Crippen molar-refractivity contribution in [1.82, 2.24) is 4.98 Å². The van der Waals surface area contributed by atoms with Crippen molar-refractivity contribution in [3.8, 4) is 23.1 Å². The molecule has 5 heteroatoms. The summed E-state index contributed by atoms with van der Waals surface area (Å²) < 4.78 is 6.56. The molecule has 0 aliphatic heterocycles. The molecule has 3 N–H and O–H groups in total. The highest BCUT2D eigenvalue weighted by molar-refractivity contribution is 9.10. The number of ether oxygens (including phenoxy) is 1. The quantitative estimate of drug-likeness (QED) is 0.588. The summed E-state index contributed by atoms with van der Waals surface area (Å²) in [5.74, 6) is 0.815. The summed E-state index contributed by atoms with van der Waals surface area (Å²) in [5, 5.41) is 10.3. The van der Waals surface area contributed by atoms with E-state index in [9.17, 15) is 5.26 Å². The van der Waals surface area contributed by atoms with Gasteiger partial charge in [0.15, 0.2) is 0 Å². The van der Waals surface area contributed by atoms with E-state index in [0.29, 0.717) is 12.1 Å². The van der Waals surface area contributed by atoms with Gasteiger partial charge in [-0.05, 0) is 67.8 Å². The van der Waals surface area contributed by atoms with Crippen LogP contribution in [0.15, 0.2) is 40.9 Å². The Morgan fingerprint density at radius 1 is 1.20 bits per heavy atom. The summed E-state index contributed by atoms with van der Waals surface area (Å²) >= 11 is 3.55. The largest absolute Gasteiger partial charge is 0.496 e. The number of H-pyrrole nitrogens is 1. The summed E-state index contributed by atoms with van der Waals surface area (Å²) in [5.41, 5.74) is 10.6. The molecule has 0 aliphatic carbocycles. The molecule has 3 aromatic rings. The lowest BCUT2D eigenvalue weighted by molar-refractivity contribution is 0.416. The monoisotopic (exact) mass is 397 g/mol. The second kappa shape index (κ2) is 7.73. The molecule has 1 heterocycles. The van der Waals surface area contributed by atoms with E-state index in [1.165, 1.54) is 5.56 Å². The number of aryl methyl sites for hydroxylation is 1. The Kier molecular flexibility index (Phi) is 5.42. The van der Waals surface area contributed by atoms with Crippen molar-refractivity contribution in [3.63, 3.8) is 0 Å². The predicted molar refractivity (Wildman–Crippen MR) is 105 cm³/mol. The molecule has 0 radical (unpaired) electrons. The van der Waals surface area contributed by atoms with Crippen LogP contribution in [0.25, 0.3) is 22.2 Å². The molecule has 0 aliphatic rings. The van der Waals surface area contributed by atoms with Crippen molar-refractivity contribution >= 4 is 26.8 Å². The second-order valence-electron chi connectivity index (χ2n) is 5.94. The first kappa shape index (κ1) is 17.5. The van der Waals surface area contributed by atoms with E-state index in [0.717, 1.165) is 51.6 Å². The van der Waals surface area contributed by atoms with Gasteiger partial charge < -0.3 is 15.5 Å². The first-order valence-corrected chi connectivity index (χ1v) is 9.06. The topological polar surface area (TPSA) is 74.8 Å². The minimum Gasteiger partial charge on any atom is -0.496 e. The third-order valence-electron chi connectivity index (χ3n) is 4.35. The molecule has 0 amide bonds. The summed E-state index contributed by atoms with van der Waals surface area (Å²) in [6, 6.07) is 14.0. The van der Waals surface area contributed by atoms with Crippen LogP contribution in [0, 0.1) is 11.3 Å². The summed E-state index contributed by atoms with van der Waals surface area (Å²) in [7, 11) is 1.68. The molecule has 2 aromatic carbocycles. The molecule has 0 fully saturated rings. The van der Waals surface area contributed by atoms with Crippen LogP contribution in [0.5, 0.6) is 5.75 Å². The fraction of sp³-hybridized carbons (Fsp3) is 0.250. The van der Waals surface area contributed by atoms with Crippen LogP contribution in [0.4, 0.5) is 0 Å². The Balaban J connectivity index is 2.21. The molecule has 3 rings (SSSR count). The van der Waals surface area contributed by atoms with Crippen molar-refractivity contribution in [2.24, 2.45) is 5.73 Å². The zero-order valence-electron chi connectivity index (χ0n) is 14.1. The normalized spacial score (nSPS) is 10.8.